The van der Waals surface area contributed by atoms with E-state index in [0.717, 1.165) is 23.2 Å². The van der Waals surface area contributed by atoms with Crippen molar-refractivity contribution in [2.45, 2.75) is 32.9 Å². The smallest absolute Gasteiger partial charge is 0.263 e. The van der Waals surface area contributed by atoms with Gasteiger partial charge < -0.3 is 4.90 Å². The number of fused-ring (bicyclic) bond motifs is 1. The molecule has 0 bridgehead atoms. The molecule has 1 aliphatic heterocycles. The predicted octanol–water partition coefficient (Wildman–Crippen LogP) is 4.62. The molecular formula is C21H19ClFN3O. The quantitative estimate of drug-likeness (QED) is 0.661. The van der Waals surface area contributed by atoms with Crippen LogP contribution in [-0.4, -0.2) is 21.7 Å². The molecule has 4 rings (SSSR count). The lowest BCUT2D eigenvalue weighted by molar-refractivity contribution is 0.0981. The molecule has 3 aromatic rings. The minimum Gasteiger partial charge on any atom is -0.305 e. The molecule has 0 N–H and O–H groups in total. The lowest BCUT2D eigenvalue weighted by Gasteiger charge is -2.22. The van der Waals surface area contributed by atoms with Crippen LogP contribution < -0.4 is 4.90 Å². The lowest BCUT2D eigenvalue weighted by Crippen LogP contribution is -2.36. The molecule has 2 aromatic carbocycles. The van der Waals surface area contributed by atoms with Gasteiger partial charge in [-0.15, -0.1) is 0 Å². The maximum atomic E-state index is 13.3. The Morgan fingerprint density at radius 3 is 2.67 bits per heavy atom. The van der Waals surface area contributed by atoms with Gasteiger partial charge in [-0.2, -0.15) is 5.10 Å². The van der Waals surface area contributed by atoms with Gasteiger partial charge in [-0.25, -0.2) is 9.07 Å². The zero-order chi connectivity index (χ0) is 19.1. The lowest BCUT2D eigenvalue weighted by atomic mass is 10.1. The summed E-state index contributed by atoms with van der Waals surface area (Å²) in [4.78, 5) is 15.1. The third-order valence-electron chi connectivity index (χ3n) is 4.95. The van der Waals surface area contributed by atoms with Crippen molar-refractivity contribution in [2.75, 3.05) is 4.90 Å². The van der Waals surface area contributed by atoms with Crippen molar-refractivity contribution in [3.8, 4) is 0 Å². The van der Waals surface area contributed by atoms with Gasteiger partial charge in [-0.3, -0.25) is 4.79 Å². The number of amides is 1. The van der Waals surface area contributed by atoms with Gasteiger partial charge in [0.1, 0.15) is 11.0 Å². The van der Waals surface area contributed by atoms with E-state index in [2.05, 4.69) is 5.10 Å². The third-order valence-corrected chi connectivity index (χ3v) is 5.34. The molecule has 4 nitrogen and oxygen atoms in total. The second-order valence-electron chi connectivity index (χ2n) is 6.89. The molecule has 0 radical (unpaired) electrons. The van der Waals surface area contributed by atoms with Gasteiger partial charge in [0.25, 0.3) is 5.91 Å². The Kier molecular flexibility index (Phi) is 4.48. The Morgan fingerprint density at radius 2 is 1.93 bits per heavy atom. The van der Waals surface area contributed by atoms with Crippen LogP contribution >= 0.6 is 11.6 Å². The van der Waals surface area contributed by atoms with E-state index in [9.17, 15) is 9.18 Å². The molecule has 0 saturated heterocycles. The van der Waals surface area contributed by atoms with Gasteiger partial charge in [0.2, 0.25) is 0 Å². The summed E-state index contributed by atoms with van der Waals surface area (Å²) >= 11 is 6.54. The number of anilines is 1. The zero-order valence-corrected chi connectivity index (χ0v) is 15.9. The topological polar surface area (TPSA) is 38.1 Å². The average Bonchev–Trinajstić information content (AvgIpc) is 3.12. The van der Waals surface area contributed by atoms with E-state index in [4.69, 9.17) is 11.6 Å². The summed E-state index contributed by atoms with van der Waals surface area (Å²) < 4.78 is 14.7. The Labute approximate surface area is 162 Å². The van der Waals surface area contributed by atoms with Crippen LogP contribution in [0, 0.1) is 12.7 Å². The summed E-state index contributed by atoms with van der Waals surface area (Å²) in [6.07, 6.45) is 0.822. The third kappa shape index (κ3) is 3.12. The fourth-order valence-electron chi connectivity index (χ4n) is 3.66. The van der Waals surface area contributed by atoms with Gasteiger partial charge in [0.15, 0.2) is 0 Å². The van der Waals surface area contributed by atoms with E-state index in [0.29, 0.717) is 23.0 Å². The van der Waals surface area contributed by atoms with Crippen molar-refractivity contribution >= 4 is 23.2 Å². The molecule has 138 valence electrons. The molecule has 1 amide bonds. The van der Waals surface area contributed by atoms with Crippen LogP contribution in [0.15, 0.2) is 48.5 Å². The number of carbonyl (C=O) groups excluding carboxylic acids is 1. The van der Waals surface area contributed by atoms with Crippen LogP contribution in [0.4, 0.5) is 10.1 Å². The van der Waals surface area contributed by atoms with Crippen molar-refractivity contribution in [2.24, 2.45) is 0 Å². The molecule has 0 spiro atoms. The molecule has 0 fully saturated rings. The Morgan fingerprint density at radius 1 is 1.22 bits per heavy atom. The minimum absolute atomic E-state index is 0.0609. The maximum absolute atomic E-state index is 13.3. The van der Waals surface area contributed by atoms with Crippen LogP contribution in [0.3, 0.4) is 0 Å². The second-order valence-corrected chi connectivity index (χ2v) is 7.25. The number of hydrogen-bond donors (Lipinski definition) is 0. The maximum Gasteiger partial charge on any atom is 0.263 e. The Bertz CT molecular complexity index is 1010. The predicted molar refractivity (Wildman–Crippen MR) is 104 cm³/mol. The Balaban J connectivity index is 1.67. The molecule has 6 heteroatoms. The molecule has 1 unspecified atom stereocenters. The number of hydrogen-bond acceptors (Lipinski definition) is 2. The van der Waals surface area contributed by atoms with E-state index >= 15 is 0 Å². The van der Waals surface area contributed by atoms with E-state index in [1.165, 1.54) is 12.1 Å². The summed E-state index contributed by atoms with van der Waals surface area (Å²) in [7, 11) is 0. The van der Waals surface area contributed by atoms with Gasteiger partial charge >= 0.3 is 0 Å². The van der Waals surface area contributed by atoms with Crippen LogP contribution in [0.25, 0.3) is 0 Å². The van der Waals surface area contributed by atoms with E-state index in [-0.39, 0.29) is 17.8 Å². The first-order valence-corrected chi connectivity index (χ1v) is 9.22. The van der Waals surface area contributed by atoms with Crippen LogP contribution in [-0.2, 0) is 13.0 Å². The van der Waals surface area contributed by atoms with Gasteiger partial charge in [-0.05, 0) is 49.6 Å². The van der Waals surface area contributed by atoms with E-state index < -0.39 is 0 Å². The number of nitrogens with zero attached hydrogens (tertiary/aromatic N) is 3. The average molecular weight is 384 g/mol. The molecule has 1 atom stereocenters. The van der Waals surface area contributed by atoms with Crippen molar-refractivity contribution in [3.05, 3.63) is 81.9 Å². The Hall–Kier alpha value is -2.66. The van der Waals surface area contributed by atoms with Gasteiger partial charge in [-0.1, -0.05) is 41.9 Å². The fourth-order valence-corrected chi connectivity index (χ4v) is 3.97. The highest BCUT2D eigenvalue weighted by Crippen LogP contribution is 2.34. The summed E-state index contributed by atoms with van der Waals surface area (Å²) in [5.41, 5.74) is 3.95. The van der Waals surface area contributed by atoms with Gasteiger partial charge in [0, 0.05) is 11.7 Å². The van der Waals surface area contributed by atoms with Crippen molar-refractivity contribution in [1.82, 2.24) is 9.78 Å². The molecule has 2 heterocycles. The van der Waals surface area contributed by atoms with E-state index in [1.807, 2.05) is 31.2 Å². The van der Waals surface area contributed by atoms with Crippen LogP contribution in [0.1, 0.15) is 34.1 Å². The molecular weight excluding hydrogens is 365 g/mol. The number of para-hydroxylation sites is 1. The molecule has 0 aliphatic carbocycles. The molecule has 1 aromatic heterocycles. The van der Waals surface area contributed by atoms with Gasteiger partial charge in [0.05, 0.1) is 17.8 Å². The zero-order valence-electron chi connectivity index (χ0n) is 15.1. The molecule has 0 saturated carbocycles. The number of aryl methyl sites for hydroxylation is 1. The largest absolute Gasteiger partial charge is 0.305 e. The second kappa shape index (κ2) is 6.82. The monoisotopic (exact) mass is 383 g/mol. The van der Waals surface area contributed by atoms with E-state index in [1.54, 1.807) is 28.6 Å². The number of benzene rings is 2. The first-order valence-electron chi connectivity index (χ1n) is 8.84. The number of carbonyl (C=O) groups is 1. The summed E-state index contributed by atoms with van der Waals surface area (Å²) in [6.45, 7) is 4.19. The first-order chi connectivity index (χ1) is 13.0. The number of aromatic nitrogens is 2. The van der Waals surface area contributed by atoms with Crippen molar-refractivity contribution < 1.29 is 9.18 Å². The highest BCUT2D eigenvalue weighted by molar-refractivity contribution is 6.34. The highest BCUT2D eigenvalue weighted by atomic mass is 35.5. The minimum atomic E-state index is -0.293. The number of rotatable bonds is 3. The van der Waals surface area contributed by atoms with Crippen molar-refractivity contribution in [3.63, 3.8) is 0 Å². The fraction of sp³-hybridized carbons (Fsp3) is 0.238. The van der Waals surface area contributed by atoms with Crippen LogP contribution in [0.2, 0.25) is 5.15 Å². The summed E-state index contributed by atoms with van der Waals surface area (Å²) in [5.74, 6) is -0.431. The van der Waals surface area contributed by atoms with Crippen LogP contribution in [0.5, 0.6) is 0 Å². The molecule has 27 heavy (non-hydrogen) atoms. The standard InChI is InChI=1S/C21H19ClFN3O/c1-13-11-16-5-3-4-6-18(16)26(13)21(27)19-14(2)24-25(20(19)22)12-15-7-9-17(23)10-8-15/h3-10,13H,11-12H2,1-2H3. The number of halogens is 2. The summed E-state index contributed by atoms with van der Waals surface area (Å²) in [6, 6.07) is 14.1. The summed E-state index contributed by atoms with van der Waals surface area (Å²) in [5, 5.41) is 4.75. The molecule has 1 aliphatic rings. The SMILES string of the molecule is Cc1nn(Cc2ccc(F)cc2)c(Cl)c1C(=O)N1c2ccccc2CC1C. The highest BCUT2D eigenvalue weighted by Gasteiger charge is 2.34. The normalized spacial score (nSPS) is 15.9. The van der Waals surface area contributed by atoms with Crippen molar-refractivity contribution in [1.29, 1.82) is 0 Å². The first kappa shape index (κ1) is 17.7.